The monoisotopic (exact) mass is 444 g/mol. The van der Waals surface area contributed by atoms with Crippen LogP contribution >= 0.6 is 0 Å². The van der Waals surface area contributed by atoms with Crippen molar-refractivity contribution in [3.63, 3.8) is 0 Å². The van der Waals surface area contributed by atoms with Gasteiger partial charge in [0.15, 0.2) is 11.6 Å². The highest BCUT2D eigenvalue weighted by molar-refractivity contribution is 6.15. The number of aromatic nitrogens is 3. The molecule has 0 radical (unpaired) electrons. The summed E-state index contributed by atoms with van der Waals surface area (Å²) in [5, 5.41) is 23.1. The van der Waals surface area contributed by atoms with E-state index in [1.807, 2.05) is 6.92 Å². The van der Waals surface area contributed by atoms with Gasteiger partial charge in [0.05, 0.1) is 28.4 Å². The van der Waals surface area contributed by atoms with Gasteiger partial charge in [-0.05, 0) is 31.2 Å². The molecule has 0 atom stereocenters. The summed E-state index contributed by atoms with van der Waals surface area (Å²) >= 11 is 0. The lowest BCUT2D eigenvalue weighted by molar-refractivity contribution is -0.384. The number of nitrogens with zero attached hydrogens (tertiary/aromatic N) is 5. The Morgan fingerprint density at radius 1 is 1.16 bits per heavy atom. The molecule has 11 heteroatoms. The van der Waals surface area contributed by atoms with Crippen molar-refractivity contribution in [2.45, 2.75) is 32.6 Å². The molecular formula is C21H19F3N6O2. The molecule has 2 aromatic carbocycles. The standard InChI is InChI=1S/C21H19F3N6O2/c1-2-9-25-11-18-27-28-19-12-26-20(13-3-5-14(6-4-13)21(22,23)24)16-10-15(30(31)32)7-8-17(16)29(18)19/h3-8,10,25H,2,9,11-12H2,1H3. The molecular weight excluding hydrogens is 425 g/mol. The zero-order valence-electron chi connectivity index (χ0n) is 17.1. The van der Waals surface area contributed by atoms with Crippen molar-refractivity contribution in [3.8, 4) is 5.69 Å². The molecule has 8 nitrogen and oxygen atoms in total. The summed E-state index contributed by atoms with van der Waals surface area (Å²) in [6, 6.07) is 8.93. The van der Waals surface area contributed by atoms with Crippen LogP contribution in [0.25, 0.3) is 5.69 Å². The van der Waals surface area contributed by atoms with Gasteiger partial charge < -0.3 is 5.32 Å². The van der Waals surface area contributed by atoms with E-state index in [9.17, 15) is 23.3 Å². The van der Waals surface area contributed by atoms with Crippen molar-refractivity contribution >= 4 is 11.4 Å². The second-order valence-electron chi connectivity index (χ2n) is 7.24. The van der Waals surface area contributed by atoms with E-state index < -0.39 is 16.7 Å². The lowest BCUT2D eigenvalue weighted by Gasteiger charge is -2.14. The molecule has 0 aliphatic carbocycles. The van der Waals surface area contributed by atoms with E-state index in [0.717, 1.165) is 25.1 Å². The van der Waals surface area contributed by atoms with Crippen LogP contribution in [0, 0.1) is 10.1 Å². The number of nitro groups is 1. The van der Waals surface area contributed by atoms with Gasteiger partial charge in [-0.1, -0.05) is 19.1 Å². The number of non-ortho nitro benzene ring substituents is 1. The molecule has 1 aliphatic rings. The van der Waals surface area contributed by atoms with Gasteiger partial charge in [-0.3, -0.25) is 19.7 Å². The van der Waals surface area contributed by atoms with Crippen LogP contribution < -0.4 is 5.32 Å². The fraction of sp³-hybridized carbons (Fsp3) is 0.286. The van der Waals surface area contributed by atoms with Gasteiger partial charge in [0, 0.05) is 23.3 Å². The number of fused-ring (bicyclic) bond motifs is 3. The van der Waals surface area contributed by atoms with E-state index in [1.165, 1.54) is 24.3 Å². The Balaban J connectivity index is 1.84. The van der Waals surface area contributed by atoms with Crippen LogP contribution in [0.15, 0.2) is 47.5 Å². The largest absolute Gasteiger partial charge is 0.416 e. The van der Waals surface area contributed by atoms with Gasteiger partial charge in [0.2, 0.25) is 0 Å². The summed E-state index contributed by atoms with van der Waals surface area (Å²) in [5.74, 6) is 1.16. The molecule has 3 aromatic rings. The van der Waals surface area contributed by atoms with Gasteiger partial charge >= 0.3 is 6.18 Å². The first-order valence-corrected chi connectivity index (χ1v) is 9.94. The molecule has 0 spiro atoms. The third-order valence-corrected chi connectivity index (χ3v) is 5.06. The Morgan fingerprint density at radius 3 is 2.56 bits per heavy atom. The molecule has 0 saturated carbocycles. The molecule has 4 rings (SSSR count). The molecule has 0 fully saturated rings. The van der Waals surface area contributed by atoms with Gasteiger partial charge in [0.25, 0.3) is 5.69 Å². The second kappa shape index (κ2) is 8.50. The molecule has 0 saturated heterocycles. The summed E-state index contributed by atoms with van der Waals surface area (Å²) < 4.78 is 40.8. The SMILES string of the molecule is CCCNCc1nnc2n1-c1ccc([N+](=O)[O-])cc1C(c1ccc(C(F)(F)F)cc1)=NC2. The van der Waals surface area contributed by atoms with E-state index in [0.29, 0.717) is 40.7 Å². The first-order chi connectivity index (χ1) is 15.3. The quantitative estimate of drug-likeness (QED) is 0.351. The molecule has 0 amide bonds. The predicted octanol–water partition coefficient (Wildman–Crippen LogP) is 4.04. The highest BCUT2D eigenvalue weighted by Crippen LogP contribution is 2.32. The second-order valence-corrected chi connectivity index (χ2v) is 7.24. The topological polar surface area (TPSA) is 98.2 Å². The van der Waals surface area contributed by atoms with Gasteiger partial charge in [-0.25, -0.2) is 0 Å². The lowest BCUT2D eigenvalue weighted by atomic mass is 9.98. The average Bonchev–Trinajstić information content (AvgIpc) is 3.08. The Labute approximate surface area is 181 Å². The molecule has 1 N–H and O–H groups in total. The van der Waals surface area contributed by atoms with Crippen molar-refractivity contribution in [2.75, 3.05) is 6.54 Å². The van der Waals surface area contributed by atoms with Crippen molar-refractivity contribution < 1.29 is 18.1 Å². The molecule has 2 heterocycles. The van der Waals surface area contributed by atoms with Crippen molar-refractivity contribution in [1.82, 2.24) is 20.1 Å². The Morgan fingerprint density at radius 2 is 1.91 bits per heavy atom. The number of aliphatic imine (C=N–C) groups is 1. The van der Waals surface area contributed by atoms with Crippen LogP contribution in [-0.2, 0) is 19.3 Å². The predicted molar refractivity (Wildman–Crippen MR) is 111 cm³/mol. The fourth-order valence-corrected chi connectivity index (χ4v) is 3.55. The number of nitro benzene ring substituents is 1. The number of halogens is 3. The normalized spacial score (nSPS) is 13.2. The van der Waals surface area contributed by atoms with E-state index >= 15 is 0 Å². The van der Waals surface area contributed by atoms with Crippen LogP contribution in [0.2, 0.25) is 0 Å². The molecule has 0 unspecified atom stereocenters. The third-order valence-electron chi connectivity index (χ3n) is 5.06. The molecule has 1 aromatic heterocycles. The summed E-state index contributed by atoms with van der Waals surface area (Å²) in [6.07, 6.45) is -3.53. The number of benzene rings is 2. The van der Waals surface area contributed by atoms with E-state index in [-0.39, 0.29) is 12.2 Å². The Hall–Kier alpha value is -3.60. The summed E-state index contributed by atoms with van der Waals surface area (Å²) in [6.45, 7) is 3.38. The Bertz CT molecular complexity index is 1190. The van der Waals surface area contributed by atoms with E-state index in [2.05, 4.69) is 20.5 Å². The maximum atomic E-state index is 13.0. The molecule has 32 heavy (non-hydrogen) atoms. The molecule has 166 valence electrons. The first-order valence-electron chi connectivity index (χ1n) is 9.94. The summed E-state index contributed by atoms with van der Waals surface area (Å²) in [5.41, 5.74) is 0.857. The molecule has 1 aliphatic heterocycles. The lowest BCUT2D eigenvalue weighted by Crippen LogP contribution is -2.18. The van der Waals surface area contributed by atoms with Crippen LogP contribution in [0.5, 0.6) is 0 Å². The third kappa shape index (κ3) is 4.11. The first kappa shape index (κ1) is 21.6. The van der Waals surface area contributed by atoms with Crippen molar-refractivity contribution in [2.24, 2.45) is 4.99 Å². The number of rotatable bonds is 6. The highest BCUT2D eigenvalue weighted by atomic mass is 19.4. The zero-order chi connectivity index (χ0) is 22.9. The van der Waals surface area contributed by atoms with Crippen molar-refractivity contribution in [1.29, 1.82) is 0 Å². The number of hydrogen-bond acceptors (Lipinski definition) is 6. The van der Waals surface area contributed by atoms with Crippen molar-refractivity contribution in [3.05, 3.63) is 80.9 Å². The minimum Gasteiger partial charge on any atom is -0.310 e. The zero-order valence-corrected chi connectivity index (χ0v) is 17.1. The minimum absolute atomic E-state index is 0.125. The van der Waals surface area contributed by atoms with Crippen LogP contribution in [0.3, 0.4) is 0 Å². The average molecular weight is 444 g/mol. The maximum absolute atomic E-state index is 13.0. The highest BCUT2D eigenvalue weighted by Gasteiger charge is 2.31. The van der Waals surface area contributed by atoms with E-state index in [4.69, 9.17) is 0 Å². The number of nitrogens with one attached hydrogen (secondary N) is 1. The smallest absolute Gasteiger partial charge is 0.310 e. The Kier molecular flexibility index (Phi) is 5.74. The fourth-order valence-electron chi connectivity index (χ4n) is 3.55. The molecule has 0 bridgehead atoms. The number of hydrogen-bond donors (Lipinski definition) is 1. The van der Waals surface area contributed by atoms with E-state index in [1.54, 1.807) is 10.6 Å². The van der Waals surface area contributed by atoms with Gasteiger partial charge in [0.1, 0.15) is 6.54 Å². The van der Waals surface area contributed by atoms with Crippen LogP contribution in [-0.4, -0.2) is 31.9 Å². The number of alkyl halides is 3. The van der Waals surface area contributed by atoms with Gasteiger partial charge in [-0.15, -0.1) is 10.2 Å². The van der Waals surface area contributed by atoms with Crippen LogP contribution in [0.1, 0.15) is 41.7 Å². The van der Waals surface area contributed by atoms with Gasteiger partial charge in [-0.2, -0.15) is 13.2 Å². The minimum atomic E-state index is -4.46. The summed E-state index contributed by atoms with van der Waals surface area (Å²) in [4.78, 5) is 15.4. The summed E-state index contributed by atoms with van der Waals surface area (Å²) in [7, 11) is 0. The van der Waals surface area contributed by atoms with Crippen LogP contribution in [0.4, 0.5) is 18.9 Å². The maximum Gasteiger partial charge on any atom is 0.416 e.